The third kappa shape index (κ3) is 4.07. The minimum absolute atomic E-state index is 0.276. The van der Waals surface area contributed by atoms with Crippen LogP contribution in [0.3, 0.4) is 0 Å². The third-order valence-corrected chi connectivity index (χ3v) is 7.39. The van der Waals surface area contributed by atoms with Crippen molar-refractivity contribution >= 4 is 32.9 Å². The number of hydrogen-bond acceptors (Lipinski definition) is 3. The van der Waals surface area contributed by atoms with E-state index in [0.717, 1.165) is 43.4 Å². The maximum absolute atomic E-state index is 11.7. The summed E-state index contributed by atoms with van der Waals surface area (Å²) in [5.41, 5.74) is 3.55. The van der Waals surface area contributed by atoms with Crippen LogP contribution >= 0.6 is 12.2 Å². The zero-order valence-corrected chi connectivity index (χ0v) is 16.0. The number of sulfone groups is 1. The molecule has 0 spiro atoms. The fourth-order valence-corrected chi connectivity index (χ4v) is 5.67. The first-order valence-corrected chi connectivity index (χ1v) is 10.8. The molecule has 2 N–H and O–H groups in total. The molecule has 0 aromatic heterocycles. The first-order chi connectivity index (χ1) is 11.3. The molecule has 1 aromatic carbocycles. The van der Waals surface area contributed by atoms with Gasteiger partial charge in [0.15, 0.2) is 14.9 Å². The molecule has 1 aromatic rings. The number of nitrogens with one attached hydrogen (secondary N) is 2. The fraction of sp³-hybridized carbons (Fsp3) is 0.588. The van der Waals surface area contributed by atoms with Crippen LogP contribution in [0.15, 0.2) is 18.2 Å². The van der Waals surface area contributed by atoms with E-state index in [1.54, 1.807) is 0 Å². The molecule has 2 saturated heterocycles. The highest BCUT2D eigenvalue weighted by atomic mass is 32.2. The van der Waals surface area contributed by atoms with Crippen molar-refractivity contribution in [3.8, 4) is 0 Å². The van der Waals surface area contributed by atoms with Gasteiger partial charge in [0.1, 0.15) is 11.8 Å². The lowest BCUT2D eigenvalue weighted by Gasteiger charge is -2.36. The Bertz CT molecular complexity index is 725. The zero-order chi connectivity index (χ0) is 17.3. The van der Waals surface area contributed by atoms with Crippen LogP contribution < -0.4 is 10.2 Å². The van der Waals surface area contributed by atoms with Gasteiger partial charge in [0, 0.05) is 12.1 Å². The van der Waals surface area contributed by atoms with Gasteiger partial charge < -0.3 is 15.1 Å². The van der Waals surface area contributed by atoms with Crippen LogP contribution in [-0.4, -0.2) is 62.2 Å². The van der Waals surface area contributed by atoms with Crippen molar-refractivity contribution in [3.05, 3.63) is 29.3 Å². The summed E-state index contributed by atoms with van der Waals surface area (Å²) in [6.07, 6.45) is 0.809. The van der Waals surface area contributed by atoms with Gasteiger partial charge in [0.05, 0.1) is 31.9 Å². The van der Waals surface area contributed by atoms with Gasteiger partial charge in [0.2, 0.25) is 0 Å². The van der Waals surface area contributed by atoms with Gasteiger partial charge in [0.25, 0.3) is 0 Å². The summed E-state index contributed by atoms with van der Waals surface area (Å²) in [4.78, 5) is 3.61. The van der Waals surface area contributed by atoms with Gasteiger partial charge in [-0.15, -0.1) is 0 Å². The standard InChI is InChI=1S/C17H25N3O2S2/c1-13-3-4-15(11-14(13)2)18-17(23)20-8-6-19(7-9-20)16-5-10-24(21,22)12-16/h3-4,11,16H,5-10,12H2,1-2H3,(H,18,23)/p+1/t16-/m1/s1. The average molecular weight is 369 g/mol. The van der Waals surface area contributed by atoms with Crippen LogP contribution in [-0.2, 0) is 9.84 Å². The molecule has 5 nitrogen and oxygen atoms in total. The number of anilines is 1. The van der Waals surface area contributed by atoms with Crippen LogP contribution in [0.5, 0.6) is 0 Å². The number of quaternary nitrogens is 1. The molecule has 0 radical (unpaired) electrons. The molecule has 0 saturated carbocycles. The van der Waals surface area contributed by atoms with Crippen molar-refractivity contribution in [1.29, 1.82) is 0 Å². The van der Waals surface area contributed by atoms with E-state index in [9.17, 15) is 8.42 Å². The smallest absolute Gasteiger partial charge is 0.173 e. The highest BCUT2D eigenvalue weighted by Crippen LogP contribution is 2.15. The second kappa shape index (κ2) is 6.98. The molecule has 0 bridgehead atoms. The molecule has 2 fully saturated rings. The van der Waals surface area contributed by atoms with E-state index in [1.165, 1.54) is 16.0 Å². The summed E-state index contributed by atoms with van der Waals surface area (Å²) in [7, 11) is -2.80. The number of piperazine rings is 1. The lowest BCUT2D eigenvalue weighted by Crippen LogP contribution is -3.18. The van der Waals surface area contributed by atoms with Crippen molar-refractivity contribution in [3.63, 3.8) is 0 Å². The van der Waals surface area contributed by atoms with Crippen molar-refractivity contribution in [2.75, 3.05) is 43.0 Å². The molecule has 0 unspecified atom stereocenters. The predicted molar refractivity (Wildman–Crippen MR) is 101 cm³/mol. The summed E-state index contributed by atoms with van der Waals surface area (Å²) in [5.74, 6) is 0.714. The minimum Gasteiger partial charge on any atom is -0.338 e. The van der Waals surface area contributed by atoms with Crippen LogP contribution in [0.1, 0.15) is 17.5 Å². The predicted octanol–water partition coefficient (Wildman–Crippen LogP) is 0.388. The Balaban J connectivity index is 1.52. The molecule has 1 atom stereocenters. The maximum atomic E-state index is 11.7. The number of benzene rings is 1. The van der Waals surface area contributed by atoms with Gasteiger partial charge in [-0.1, -0.05) is 6.07 Å². The van der Waals surface area contributed by atoms with Crippen molar-refractivity contribution in [2.24, 2.45) is 0 Å². The molecule has 2 aliphatic rings. The van der Waals surface area contributed by atoms with Gasteiger partial charge >= 0.3 is 0 Å². The lowest BCUT2D eigenvalue weighted by atomic mass is 10.1. The lowest BCUT2D eigenvalue weighted by molar-refractivity contribution is -0.925. The SMILES string of the molecule is Cc1ccc(NC(=S)N2CC[NH+]([C@@H]3CCS(=O)(=O)C3)CC2)cc1C. The maximum Gasteiger partial charge on any atom is 0.173 e. The first-order valence-electron chi connectivity index (χ1n) is 8.52. The van der Waals surface area contributed by atoms with Crippen molar-refractivity contribution < 1.29 is 13.3 Å². The van der Waals surface area contributed by atoms with Crippen LogP contribution in [0.2, 0.25) is 0 Å². The second-order valence-electron chi connectivity index (χ2n) is 6.97. The Hall–Kier alpha value is -1.18. The highest BCUT2D eigenvalue weighted by Gasteiger charge is 2.37. The Labute approximate surface area is 149 Å². The Morgan fingerprint density at radius 1 is 1.25 bits per heavy atom. The summed E-state index contributed by atoms with van der Waals surface area (Å²) < 4.78 is 23.3. The molecule has 24 heavy (non-hydrogen) atoms. The monoisotopic (exact) mass is 368 g/mol. The number of rotatable bonds is 2. The topological polar surface area (TPSA) is 53.9 Å². The molecule has 2 heterocycles. The van der Waals surface area contributed by atoms with Gasteiger partial charge in [-0.05, 0) is 49.3 Å². The molecule has 7 heteroatoms. The largest absolute Gasteiger partial charge is 0.338 e. The third-order valence-electron chi connectivity index (χ3n) is 5.26. The minimum atomic E-state index is -2.80. The summed E-state index contributed by atoms with van der Waals surface area (Å²) in [5, 5.41) is 4.09. The number of nitrogens with zero attached hydrogens (tertiary/aromatic N) is 1. The van der Waals surface area contributed by atoms with E-state index in [2.05, 4.69) is 42.3 Å². The van der Waals surface area contributed by atoms with Gasteiger partial charge in [-0.2, -0.15) is 0 Å². The van der Waals surface area contributed by atoms with E-state index in [0.29, 0.717) is 11.5 Å². The Morgan fingerprint density at radius 3 is 2.54 bits per heavy atom. The average Bonchev–Trinajstić information content (AvgIpc) is 2.91. The number of hydrogen-bond donors (Lipinski definition) is 2. The van der Waals surface area contributed by atoms with Crippen LogP contribution in [0.4, 0.5) is 5.69 Å². The Kier molecular flexibility index (Phi) is 5.13. The van der Waals surface area contributed by atoms with Crippen molar-refractivity contribution in [2.45, 2.75) is 26.3 Å². The number of aryl methyl sites for hydroxylation is 2. The number of thiocarbonyl (C=S) groups is 1. The molecule has 132 valence electrons. The zero-order valence-electron chi connectivity index (χ0n) is 14.3. The fourth-order valence-electron chi connectivity index (χ4n) is 3.54. The molecule has 2 aliphatic heterocycles. The molecule has 3 rings (SSSR count). The van der Waals surface area contributed by atoms with E-state index in [1.807, 2.05) is 0 Å². The molecule has 0 aliphatic carbocycles. The molecule has 0 amide bonds. The van der Waals surface area contributed by atoms with E-state index in [4.69, 9.17) is 12.2 Å². The highest BCUT2D eigenvalue weighted by molar-refractivity contribution is 7.91. The molecular weight excluding hydrogens is 342 g/mol. The molecular formula is C17H26N3O2S2+. The quantitative estimate of drug-likeness (QED) is 0.740. The summed E-state index contributed by atoms with van der Waals surface area (Å²) >= 11 is 5.55. The van der Waals surface area contributed by atoms with Crippen LogP contribution in [0.25, 0.3) is 0 Å². The van der Waals surface area contributed by atoms with E-state index < -0.39 is 9.84 Å². The Morgan fingerprint density at radius 2 is 1.96 bits per heavy atom. The van der Waals surface area contributed by atoms with Crippen molar-refractivity contribution in [1.82, 2.24) is 4.90 Å². The normalized spacial score (nSPS) is 24.1. The second-order valence-corrected chi connectivity index (χ2v) is 9.59. The first kappa shape index (κ1) is 17.6. The van der Waals surface area contributed by atoms with E-state index in [-0.39, 0.29) is 6.04 Å². The van der Waals surface area contributed by atoms with Crippen LogP contribution in [0, 0.1) is 13.8 Å². The van der Waals surface area contributed by atoms with Gasteiger partial charge in [-0.3, -0.25) is 0 Å². The summed E-state index contributed by atoms with van der Waals surface area (Å²) in [6.45, 7) is 7.86. The van der Waals surface area contributed by atoms with Gasteiger partial charge in [-0.25, -0.2) is 8.42 Å². The van der Waals surface area contributed by atoms with E-state index >= 15 is 0 Å². The summed E-state index contributed by atoms with van der Waals surface area (Å²) in [6, 6.07) is 6.55.